The van der Waals surface area contributed by atoms with E-state index in [0.29, 0.717) is 25.0 Å². The van der Waals surface area contributed by atoms with Gasteiger partial charge in [0.2, 0.25) is 0 Å². The number of ether oxygens (including phenoxy) is 1. The topological polar surface area (TPSA) is 75.3 Å². The van der Waals surface area contributed by atoms with Gasteiger partial charge in [-0.3, -0.25) is 4.72 Å². The van der Waals surface area contributed by atoms with E-state index in [9.17, 15) is 4.79 Å². The SMILES string of the molecule is C=C/C=C(\C(=C/CNC(=O)OCC1CCNCC1)SNC(C)(C)C)c1cnc(C(CCC)CCCC)s1. The molecule has 6 nitrogen and oxygen atoms in total. The minimum atomic E-state index is -0.365. The molecule has 1 fully saturated rings. The van der Waals surface area contributed by atoms with Crippen molar-refractivity contribution in [3.05, 3.63) is 45.8 Å². The molecular weight excluding hydrogens is 500 g/mol. The molecule has 2 heterocycles. The molecule has 1 aromatic rings. The van der Waals surface area contributed by atoms with Crippen LogP contribution in [-0.4, -0.2) is 42.9 Å². The normalized spacial score (nSPS) is 16.5. The van der Waals surface area contributed by atoms with Crippen LogP contribution in [-0.2, 0) is 4.74 Å². The van der Waals surface area contributed by atoms with Gasteiger partial charge in [-0.2, -0.15) is 0 Å². The standard InChI is InChI=1S/C29H48N4O2S2/c1-7-10-13-23(11-8-2)27-32-20-26(36-27)24(12-9-3)25(37-33-29(4,5)6)16-19-31-28(34)35-21-22-14-17-30-18-15-22/h9,12,16,20,22-23,30,33H,3,7-8,10-11,13-15,17-19,21H2,1-2,4-6H3,(H,31,34)/b24-12+,25-16+. The maximum Gasteiger partial charge on any atom is 0.407 e. The molecule has 37 heavy (non-hydrogen) atoms. The van der Waals surface area contributed by atoms with E-state index in [1.54, 1.807) is 23.3 Å². The van der Waals surface area contributed by atoms with Crippen molar-refractivity contribution in [3.8, 4) is 0 Å². The monoisotopic (exact) mass is 548 g/mol. The number of nitrogens with zero attached hydrogens (tertiary/aromatic N) is 1. The van der Waals surface area contributed by atoms with Crippen LogP contribution >= 0.6 is 23.3 Å². The fourth-order valence-electron chi connectivity index (χ4n) is 4.13. The molecule has 1 atom stereocenters. The predicted molar refractivity (Wildman–Crippen MR) is 161 cm³/mol. The third-order valence-electron chi connectivity index (χ3n) is 6.14. The molecular formula is C29H48N4O2S2. The number of unbranched alkanes of at least 4 members (excludes halogenated alkanes) is 1. The van der Waals surface area contributed by atoms with Gasteiger partial charge in [0.1, 0.15) is 0 Å². The zero-order valence-corrected chi connectivity index (χ0v) is 25.2. The first-order valence-corrected chi connectivity index (χ1v) is 15.4. The van der Waals surface area contributed by atoms with Crippen LogP contribution in [0.2, 0.25) is 0 Å². The van der Waals surface area contributed by atoms with Crippen LogP contribution in [0.1, 0.15) is 95.4 Å². The summed E-state index contributed by atoms with van der Waals surface area (Å²) in [6, 6.07) is 0. The van der Waals surface area contributed by atoms with Crippen molar-refractivity contribution in [3.63, 3.8) is 0 Å². The van der Waals surface area contributed by atoms with E-state index in [1.165, 1.54) is 30.7 Å². The second-order valence-corrected chi connectivity index (χ2v) is 12.6. The molecule has 1 aromatic heterocycles. The summed E-state index contributed by atoms with van der Waals surface area (Å²) in [5.41, 5.74) is 0.992. The summed E-state index contributed by atoms with van der Waals surface area (Å²) in [6.07, 6.45) is 15.6. The minimum Gasteiger partial charge on any atom is -0.449 e. The summed E-state index contributed by atoms with van der Waals surface area (Å²) in [4.78, 5) is 19.3. The maximum atomic E-state index is 12.3. The van der Waals surface area contributed by atoms with Crippen LogP contribution in [0.4, 0.5) is 4.79 Å². The third kappa shape index (κ3) is 12.2. The highest BCUT2D eigenvalue weighted by atomic mass is 32.2. The third-order valence-corrected chi connectivity index (χ3v) is 8.66. The second kappa shape index (κ2) is 17.1. The van der Waals surface area contributed by atoms with E-state index in [1.807, 2.05) is 24.4 Å². The number of hydrogen-bond acceptors (Lipinski definition) is 7. The molecule has 0 bridgehead atoms. The molecule has 0 radical (unpaired) electrons. The zero-order chi connectivity index (χ0) is 27.1. The van der Waals surface area contributed by atoms with Crippen molar-refractivity contribution in [2.45, 2.75) is 91.0 Å². The molecule has 2 rings (SSSR count). The van der Waals surface area contributed by atoms with Gasteiger partial charge in [0.05, 0.1) is 16.5 Å². The van der Waals surface area contributed by atoms with Gasteiger partial charge in [0.15, 0.2) is 0 Å². The van der Waals surface area contributed by atoms with E-state index >= 15 is 0 Å². The van der Waals surface area contributed by atoms with Crippen molar-refractivity contribution in [2.24, 2.45) is 5.92 Å². The first-order valence-electron chi connectivity index (χ1n) is 13.8. The highest BCUT2D eigenvalue weighted by Crippen LogP contribution is 2.38. The molecule has 0 aromatic carbocycles. The summed E-state index contributed by atoms with van der Waals surface area (Å²) in [5, 5.41) is 7.46. The number of thiazole rings is 1. The van der Waals surface area contributed by atoms with Crippen molar-refractivity contribution in [1.29, 1.82) is 0 Å². The number of aromatic nitrogens is 1. The minimum absolute atomic E-state index is 0.0739. The molecule has 1 saturated heterocycles. The molecule has 3 N–H and O–H groups in total. The first kappa shape index (κ1) is 31.6. The van der Waals surface area contributed by atoms with Crippen LogP contribution in [0.25, 0.3) is 5.57 Å². The quantitative estimate of drug-likeness (QED) is 0.156. The van der Waals surface area contributed by atoms with Gasteiger partial charge < -0.3 is 15.4 Å². The molecule has 1 unspecified atom stereocenters. The van der Waals surface area contributed by atoms with Crippen molar-refractivity contribution in [1.82, 2.24) is 20.3 Å². The Balaban J connectivity index is 2.15. The largest absolute Gasteiger partial charge is 0.449 e. The van der Waals surface area contributed by atoms with Crippen LogP contribution in [0, 0.1) is 5.92 Å². The molecule has 208 valence electrons. The average molecular weight is 549 g/mol. The Morgan fingerprint density at radius 1 is 1.30 bits per heavy atom. The maximum absolute atomic E-state index is 12.3. The number of hydrogen-bond donors (Lipinski definition) is 3. The smallest absolute Gasteiger partial charge is 0.407 e. The fourth-order valence-corrected chi connectivity index (χ4v) is 6.19. The number of piperidine rings is 1. The Labute approximate surface area is 233 Å². The highest BCUT2D eigenvalue weighted by molar-refractivity contribution is 8.01. The van der Waals surface area contributed by atoms with Gasteiger partial charge in [-0.15, -0.1) is 11.3 Å². The number of amides is 1. The number of carbonyl (C=O) groups is 1. The van der Waals surface area contributed by atoms with Gasteiger partial charge in [0.25, 0.3) is 0 Å². The summed E-state index contributed by atoms with van der Waals surface area (Å²) < 4.78 is 9.01. The molecule has 0 spiro atoms. The molecule has 1 aliphatic rings. The number of carbonyl (C=O) groups excluding carboxylic acids is 1. The number of nitrogens with one attached hydrogen (secondary N) is 3. The van der Waals surface area contributed by atoms with Gasteiger partial charge in [-0.25, -0.2) is 9.78 Å². The summed E-state index contributed by atoms with van der Waals surface area (Å²) >= 11 is 3.35. The Morgan fingerprint density at radius 2 is 2.05 bits per heavy atom. The molecule has 1 aliphatic heterocycles. The predicted octanol–water partition coefficient (Wildman–Crippen LogP) is 7.43. The fraction of sp³-hybridized carbons (Fsp3) is 0.655. The first-order chi connectivity index (χ1) is 17.8. The molecule has 0 aliphatic carbocycles. The van der Waals surface area contributed by atoms with E-state index < -0.39 is 0 Å². The van der Waals surface area contributed by atoms with Gasteiger partial charge in [-0.1, -0.05) is 51.8 Å². The van der Waals surface area contributed by atoms with Crippen molar-refractivity contribution in [2.75, 3.05) is 26.2 Å². The van der Waals surface area contributed by atoms with E-state index in [-0.39, 0.29) is 11.6 Å². The van der Waals surface area contributed by atoms with E-state index in [0.717, 1.165) is 47.7 Å². The Bertz CT molecular complexity index is 883. The highest BCUT2D eigenvalue weighted by Gasteiger charge is 2.20. The van der Waals surface area contributed by atoms with Crippen molar-refractivity contribution < 1.29 is 9.53 Å². The van der Waals surface area contributed by atoms with Crippen LogP contribution in [0.3, 0.4) is 0 Å². The lowest BCUT2D eigenvalue weighted by Gasteiger charge is -2.22. The molecule has 0 saturated carbocycles. The lowest BCUT2D eigenvalue weighted by molar-refractivity contribution is 0.119. The summed E-state index contributed by atoms with van der Waals surface area (Å²) in [5.74, 6) is 0.957. The van der Waals surface area contributed by atoms with Gasteiger partial charge in [0, 0.05) is 34.7 Å². The lowest BCUT2D eigenvalue weighted by Crippen LogP contribution is -2.32. The Hall–Kier alpha value is -1.61. The Kier molecular flexibility index (Phi) is 14.6. The lowest BCUT2D eigenvalue weighted by atomic mass is 9.98. The molecule has 8 heteroatoms. The zero-order valence-electron chi connectivity index (χ0n) is 23.5. The molecule has 1 amide bonds. The van der Waals surface area contributed by atoms with Crippen LogP contribution in [0.15, 0.2) is 35.9 Å². The average Bonchev–Trinajstić information content (AvgIpc) is 3.36. The second-order valence-electron chi connectivity index (χ2n) is 10.7. The van der Waals surface area contributed by atoms with Crippen LogP contribution < -0.4 is 15.4 Å². The summed E-state index contributed by atoms with van der Waals surface area (Å²) in [6.45, 7) is 17.7. The number of rotatable bonds is 15. The van der Waals surface area contributed by atoms with Gasteiger partial charge >= 0.3 is 6.09 Å². The Morgan fingerprint density at radius 3 is 2.70 bits per heavy atom. The number of alkyl carbamates (subject to hydrolysis) is 1. The van der Waals surface area contributed by atoms with E-state index in [2.05, 4.69) is 56.6 Å². The number of allylic oxidation sites excluding steroid dienone is 3. The summed E-state index contributed by atoms with van der Waals surface area (Å²) in [7, 11) is 0. The van der Waals surface area contributed by atoms with Crippen LogP contribution in [0.5, 0.6) is 0 Å². The van der Waals surface area contributed by atoms with E-state index in [4.69, 9.17) is 9.72 Å². The van der Waals surface area contributed by atoms with Crippen molar-refractivity contribution >= 4 is 35.0 Å². The van der Waals surface area contributed by atoms with Gasteiger partial charge in [-0.05, 0) is 83.5 Å².